The molecule has 2 aromatic carbocycles. The molecule has 1 heterocycles. The fourth-order valence-electron chi connectivity index (χ4n) is 2.88. The first-order valence-corrected chi connectivity index (χ1v) is 10.00. The predicted octanol–water partition coefficient (Wildman–Crippen LogP) is 4.88. The van der Waals surface area contributed by atoms with E-state index in [0.717, 1.165) is 6.07 Å². The third-order valence-electron chi connectivity index (χ3n) is 4.26. The van der Waals surface area contributed by atoms with Gasteiger partial charge in [-0.25, -0.2) is 4.79 Å². The fourth-order valence-corrected chi connectivity index (χ4v) is 3.47. The maximum absolute atomic E-state index is 12.8. The lowest BCUT2D eigenvalue weighted by molar-refractivity contribution is -0.0499. The molecular formula is C19H14ClF3O5S. The molecule has 0 aliphatic heterocycles. The molecular weight excluding hydrogens is 433 g/mol. The average Bonchev–Trinajstić information content (AvgIpc) is 2.58. The molecule has 0 saturated carbocycles. The third-order valence-corrected chi connectivity index (χ3v) is 5.48. The Morgan fingerprint density at radius 1 is 1.10 bits per heavy atom. The summed E-state index contributed by atoms with van der Waals surface area (Å²) >= 11 is 5.84. The van der Waals surface area contributed by atoms with E-state index in [1.54, 1.807) is 24.3 Å². The van der Waals surface area contributed by atoms with E-state index in [-0.39, 0.29) is 28.5 Å². The Morgan fingerprint density at radius 3 is 2.31 bits per heavy atom. The first-order valence-electron chi connectivity index (χ1n) is 8.21. The monoisotopic (exact) mass is 446 g/mol. The number of fused-ring (bicyclic) bond motifs is 1. The Bertz CT molecular complexity index is 1250. The van der Waals surface area contributed by atoms with Gasteiger partial charge in [-0.1, -0.05) is 23.7 Å². The summed E-state index contributed by atoms with van der Waals surface area (Å²) < 4.78 is 71.0. The molecule has 0 N–H and O–H groups in total. The van der Waals surface area contributed by atoms with Crippen LogP contribution in [0.5, 0.6) is 5.75 Å². The number of hydrogen-bond acceptors (Lipinski definition) is 5. The van der Waals surface area contributed by atoms with Crippen molar-refractivity contribution in [1.82, 2.24) is 0 Å². The van der Waals surface area contributed by atoms with Crippen molar-refractivity contribution in [3.8, 4) is 5.75 Å². The van der Waals surface area contributed by atoms with Gasteiger partial charge in [0.1, 0.15) is 5.58 Å². The van der Waals surface area contributed by atoms with E-state index in [0.29, 0.717) is 16.1 Å². The SMILES string of the molecule is Cc1cc(OS(=O)(=O)C(F)(F)F)c2c(C)c(Cc3ccc(Cl)cc3)c(=O)oc2c1. The van der Waals surface area contributed by atoms with Crippen molar-refractivity contribution >= 4 is 32.7 Å². The minimum atomic E-state index is -5.90. The van der Waals surface area contributed by atoms with Gasteiger partial charge in [0, 0.05) is 17.0 Å². The lowest BCUT2D eigenvalue weighted by Crippen LogP contribution is -2.28. The number of halogens is 4. The zero-order valence-electron chi connectivity index (χ0n) is 15.1. The first kappa shape index (κ1) is 21.2. The molecule has 0 aliphatic carbocycles. The summed E-state index contributed by atoms with van der Waals surface area (Å²) in [6.07, 6.45) is 0.112. The molecule has 1 aromatic heterocycles. The quantitative estimate of drug-likeness (QED) is 0.324. The van der Waals surface area contributed by atoms with Crippen molar-refractivity contribution in [2.24, 2.45) is 0 Å². The van der Waals surface area contributed by atoms with Gasteiger partial charge >= 0.3 is 21.3 Å². The summed E-state index contributed by atoms with van der Waals surface area (Å²) in [5, 5.41) is 0.478. The number of rotatable bonds is 4. The second kappa shape index (κ2) is 7.38. The van der Waals surface area contributed by atoms with E-state index in [2.05, 4.69) is 4.18 Å². The maximum atomic E-state index is 12.8. The van der Waals surface area contributed by atoms with Crippen molar-refractivity contribution in [2.75, 3.05) is 0 Å². The normalized spacial score (nSPS) is 12.3. The van der Waals surface area contributed by atoms with Crippen LogP contribution in [-0.4, -0.2) is 13.9 Å². The van der Waals surface area contributed by atoms with Gasteiger partial charge in [0.05, 0.1) is 5.39 Å². The highest BCUT2D eigenvalue weighted by Crippen LogP contribution is 2.35. The smallest absolute Gasteiger partial charge is 0.422 e. The van der Waals surface area contributed by atoms with E-state index in [1.165, 1.54) is 19.9 Å². The molecule has 0 radical (unpaired) electrons. The summed E-state index contributed by atoms with van der Waals surface area (Å²) in [6, 6.07) is 9.19. The van der Waals surface area contributed by atoms with Crippen LogP contribution >= 0.6 is 11.6 Å². The molecule has 0 atom stereocenters. The minimum Gasteiger partial charge on any atom is -0.422 e. The molecule has 0 fully saturated rings. The molecule has 10 heteroatoms. The van der Waals surface area contributed by atoms with Crippen LogP contribution in [0, 0.1) is 13.8 Å². The number of alkyl halides is 3. The number of aryl methyl sites for hydroxylation is 2. The molecule has 0 unspecified atom stereocenters. The molecule has 0 bridgehead atoms. The fraction of sp³-hybridized carbons (Fsp3) is 0.211. The Kier molecular flexibility index (Phi) is 5.40. The second-order valence-corrected chi connectivity index (χ2v) is 8.39. The Balaban J connectivity index is 2.20. The van der Waals surface area contributed by atoms with Crippen LogP contribution in [0.4, 0.5) is 13.2 Å². The Labute approximate surface area is 168 Å². The van der Waals surface area contributed by atoms with E-state index >= 15 is 0 Å². The highest BCUT2D eigenvalue weighted by molar-refractivity contribution is 7.88. The van der Waals surface area contributed by atoms with Gasteiger partial charge in [0.2, 0.25) is 0 Å². The topological polar surface area (TPSA) is 73.6 Å². The van der Waals surface area contributed by atoms with Gasteiger partial charge in [0.25, 0.3) is 0 Å². The van der Waals surface area contributed by atoms with Crippen LogP contribution in [-0.2, 0) is 16.5 Å². The van der Waals surface area contributed by atoms with Gasteiger partial charge < -0.3 is 8.60 Å². The summed E-state index contributed by atoms with van der Waals surface area (Å²) in [5.74, 6) is -0.559. The van der Waals surface area contributed by atoms with Gasteiger partial charge in [-0.15, -0.1) is 0 Å². The van der Waals surface area contributed by atoms with Crippen molar-refractivity contribution in [2.45, 2.75) is 25.8 Å². The van der Waals surface area contributed by atoms with E-state index in [4.69, 9.17) is 16.0 Å². The van der Waals surface area contributed by atoms with Gasteiger partial charge in [-0.3, -0.25) is 0 Å². The van der Waals surface area contributed by atoms with E-state index in [9.17, 15) is 26.4 Å². The lowest BCUT2D eigenvalue weighted by Gasteiger charge is -2.15. The Morgan fingerprint density at radius 2 is 1.72 bits per heavy atom. The van der Waals surface area contributed by atoms with Crippen LogP contribution in [0.2, 0.25) is 5.02 Å². The highest BCUT2D eigenvalue weighted by atomic mass is 35.5. The van der Waals surface area contributed by atoms with Crippen LogP contribution in [0.3, 0.4) is 0 Å². The van der Waals surface area contributed by atoms with Crippen LogP contribution in [0.1, 0.15) is 22.3 Å². The number of benzene rings is 2. The first-order chi connectivity index (χ1) is 13.4. The molecule has 29 heavy (non-hydrogen) atoms. The lowest BCUT2D eigenvalue weighted by atomic mass is 9.98. The second-order valence-electron chi connectivity index (χ2n) is 6.42. The van der Waals surface area contributed by atoms with Crippen LogP contribution in [0.15, 0.2) is 45.6 Å². The zero-order valence-corrected chi connectivity index (χ0v) is 16.7. The van der Waals surface area contributed by atoms with Crippen molar-refractivity contribution in [3.63, 3.8) is 0 Å². The summed E-state index contributed by atoms with van der Waals surface area (Å²) in [4.78, 5) is 12.5. The Hall–Kier alpha value is -2.52. The standard InChI is InChI=1S/C19H14ClF3O5S/c1-10-7-15-17(16(8-10)28-29(25,26)19(21,22)23)11(2)14(18(24)27-15)9-12-3-5-13(20)6-4-12/h3-8H,9H2,1-2H3. The molecule has 0 amide bonds. The molecule has 5 nitrogen and oxygen atoms in total. The largest absolute Gasteiger partial charge is 0.534 e. The van der Waals surface area contributed by atoms with Crippen LogP contribution < -0.4 is 9.81 Å². The van der Waals surface area contributed by atoms with Crippen molar-refractivity contribution in [1.29, 1.82) is 0 Å². The molecule has 0 saturated heterocycles. The van der Waals surface area contributed by atoms with Gasteiger partial charge in [0.15, 0.2) is 5.75 Å². The number of hydrogen-bond donors (Lipinski definition) is 0. The third kappa shape index (κ3) is 4.25. The average molecular weight is 447 g/mol. The minimum absolute atomic E-state index is 0.0213. The maximum Gasteiger partial charge on any atom is 0.534 e. The van der Waals surface area contributed by atoms with Gasteiger partial charge in [-0.2, -0.15) is 21.6 Å². The van der Waals surface area contributed by atoms with E-state index in [1.807, 2.05) is 0 Å². The highest BCUT2D eigenvalue weighted by Gasteiger charge is 2.48. The molecule has 3 rings (SSSR count). The zero-order chi connectivity index (χ0) is 21.6. The van der Waals surface area contributed by atoms with Crippen molar-refractivity contribution in [3.05, 3.63) is 74.1 Å². The van der Waals surface area contributed by atoms with Crippen LogP contribution in [0.25, 0.3) is 11.0 Å². The summed E-state index contributed by atoms with van der Waals surface area (Å²) in [6.45, 7) is 3.00. The molecule has 0 aliphatic rings. The molecule has 154 valence electrons. The summed E-state index contributed by atoms with van der Waals surface area (Å²) in [5.41, 5.74) is -4.85. The molecule has 3 aromatic rings. The van der Waals surface area contributed by atoms with Crippen molar-refractivity contribution < 1.29 is 30.2 Å². The van der Waals surface area contributed by atoms with E-state index < -0.39 is 27.0 Å². The predicted molar refractivity (Wildman–Crippen MR) is 102 cm³/mol. The summed E-state index contributed by atoms with van der Waals surface area (Å²) in [7, 11) is -5.90. The van der Waals surface area contributed by atoms with Gasteiger partial charge in [-0.05, 0) is 54.8 Å². The molecule has 0 spiro atoms.